The van der Waals surface area contributed by atoms with Crippen LogP contribution in [0.1, 0.15) is 18.0 Å². The van der Waals surface area contributed by atoms with Crippen LogP contribution in [0.2, 0.25) is 0 Å². The van der Waals surface area contributed by atoms with Crippen molar-refractivity contribution in [3.8, 4) is 0 Å². The summed E-state index contributed by atoms with van der Waals surface area (Å²) >= 11 is 0. The van der Waals surface area contributed by atoms with Crippen molar-refractivity contribution in [3.63, 3.8) is 0 Å². The molecule has 3 rings (SSSR count). The van der Waals surface area contributed by atoms with E-state index in [0.29, 0.717) is 6.42 Å². The molecule has 126 valence electrons. The molecular weight excluding hydrogens is 328 g/mol. The molecule has 0 bridgehead atoms. The van der Waals surface area contributed by atoms with Crippen molar-refractivity contribution >= 4 is 15.9 Å². The highest BCUT2D eigenvalue weighted by Gasteiger charge is 2.38. The number of hydrogen-bond donors (Lipinski definition) is 1. The number of likely N-dealkylation sites (tertiary alicyclic amines) is 1. The Morgan fingerprint density at radius 2 is 1.96 bits per heavy atom. The molecule has 0 saturated carbocycles. The highest BCUT2D eigenvalue weighted by molar-refractivity contribution is 7.89. The maximum Gasteiger partial charge on any atom is 0.242 e. The number of sulfonamides is 1. The van der Waals surface area contributed by atoms with Crippen LogP contribution in [0, 0.1) is 5.92 Å². The third-order valence-corrected chi connectivity index (χ3v) is 5.63. The molecule has 2 aromatic rings. The van der Waals surface area contributed by atoms with Gasteiger partial charge in [0, 0.05) is 50.7 Å². The lowest BCUT2D eigenvalue weighted by Crippen LogP contribution is -2.32. The molecule has 3 heterocycles. The number of amides is 1. The average molecular weight is 346 g/mol. The van der Waals surface area contributed by atoms with Gasteiger partial charge in [-0.15, -0.1) is 0 Å². The van der Waals surface area contributed by atoms with Crippen LogP contribution in [0.15, 0.2) is 53.9 Å². The van der Waals surface area contributed by atoms with Crippen molar-refractivity contribution in [2.24, 2.45) is 5.92 Å². The molecule has 0 radical (unpaired) electrons. The summed E-state index contributed by atoms with van der Waals surface area (Å²) in [5.74, 6) is -0.140. The van der Waals surface area contributed by atoms with E-state index in [1.807, 2.05) is 12.1 Å². The van der Waals surface area contributed by atoms with Crippen LogP contribution in [0.3, 0.4) is 0 Å². The van der Waals surface area contributed by atoms with E-state index in [2.05, 4.69) is 14.7 Å². The van der Waals surface area contributed by atoms with E-state index in [0.717, 1.165) is 5.56 Å². The summed E-state index contributed by atoms with van der Waals surface area (Å²) in [6.07, 6.45) is 6.46. The fraction of sp³-hybridized carbons (Fsp3) is 0.312. The minimum Gasteiger partial charge on any atom is -0.338 e. The SMILES string of the molecule is CN1C(=O)C[C@@H](CNS(=O)(=O)c2cccnc2)[C@@H]1c1ccncc1. The molecule has 1 saturated heterocycles. The van der Waals surface area contributed by atoms with Crippen LogP contribution < -0.4 is 4.72 Å². The van der Waals surface area contributed by atoms with Gasteiger partial charge in [0.15, 0.2) is 0 Å². The minimum atomic E-state index is -3.64. The van der Waals surface area contributed by atoms with E-state index in [1.165, 1.54) is 18.5 Å². The van der Waals surface area contributed by atoms with E-state index in [-0.39, 0.29) is 29.3 Å². The Morgan fingerprint density at radius 3 is 2.62 bits per heavy atom. The van der Waals surface area contributed by atoms with Gasteiger partial charge in [-0.1, -0.05) is 0 Å². The molecule has 2 aromatic heterocycles. The summed E-state index contributed by atoms with van der Waals surface area (Å²) in [7, 11) is -1.90. The van der Waals surface area contributed by atoms with Crippen LogP contribution >= 0.6 is 0 Å². The zero-order chi connectivity index (χ0) is 17.2. The topological polar surface area (TPSA) is 92.3 Å². The number of nitrogens with one attached hydrogen (secondary N) is 1. The maximum absolute atomic E-state index is 12.3. The van der Waals surface area contributed by atoms with Crippen molar-refractivity contribution in [2.45, 2.75) is 17.4 Å². The Hall–Kier alpha value is -2.32. The third-order valence-electron chi connectivity index (χ3n) is 4.22. The first-order valence-corrected chi connectivity index (χ1v) is 9.02. The Balaban J connectivity index is 1.77. The summed E-state index contributed by atoms with van der Waals surface area (Å²) in [5, 5.41) is 0. The van der Waals surface area contributed by atoms with Crippen molar-refractivity contribution in [1.82, 2.24) is 19.6 Å². The van der Waals surface area contributed by atoms with Gasteiger partial charge >= 0.3 is 0 Å². The number of pyridine rings is 2. The summed E-state index contributed by atoms with van der Waals surface area (Å²) in [5.41, 5.74) is 0.948. The molecule has 1 aliphatic rings. The van der Waals surface area contributed by atoms with Crippen LogP contribution in [0.5, 0.6) is 0 Å². The molecule has 1 aliphatic heterocycles. The third kappa shape index (κ3) is 3.29. The minimum absolute atomic E-state index is 0.00221. The predicted molar refractivity (Wildman–Crippen MR) is 87.3 cm³/mol. The molecule has 0 aliphatic carbocycles. The Morgan fingerprint density at radius 1 is 1.21 bits per heavy atom. The Labute approximate surface area is 140 Å². The molecule has 0 aromatic carbocycles. The van der Waals surface area contributed by atoms with E-state index in [9.17, 15) is 13.2 Å². The van der Waals surface area contributed by atoms with Crippen molar-refractivity contribution in [3.05, 3.63) is 54.6 Å². The van der Waals surface area contributed by atoms with Gasteiger partial charge in [-0.25, -0.2) is 13.1 Å². The highest BCUT2D eigenvalue weighted by Crippen LogP contribution is 2.36. The quantitative estimate of drug-likeness (QED) is 0.871. The molecule has 7 nitrogen and oxygen atoms in total. The monoisotopic (exact) mass is 346 g/mol. The zero-order valence-corrected chi connectivity index (χ0v) is 14.0. The van der Waals surface area contributed by atoms with Gasteiger partial charge in [0.1, 0.15) is 4.90 Å². The van der Waals surface area contributed by atoms with Crippen LogP contribution in [-0.2, 0) is 14.8 Å². The molecule has 0 spiro atoms. The molecule has 8 heteroatoms. The zero-order valence-electron chi connectivity index (χ0n) is 13.2. The second kappa shape index (κ2) is 6.66. The second-order valence-corrected chi connectivity index (χ2v) is 7.50. The smallest absolute Gasteiger partial charge is 0.242 e. The van der Waals surface area contributed by atoms with Gasteiger partial charge in [-0.3, -0.25) is 14.8 Å². The number of hydrogen-bond acceptors (Lipinski definition) is 5. The Bertz CT molecular complexity index is 812. The lowest BCUT2D eigenvalue weighted by molar-refractivity contribution is -0.127. The van der Waals surface area contributed by atoms with Crippen LogP contribution in [0.4, 0.5) is 0 Å². The first-order valence-electron chi connectivity index (χ1n) is 7.54. The first-order chi connectivity index (χ1) is 11.5. The number of carbonyl (C=O) groups excluding carboxylic acids is 1. The number of nitrogens with zero attached hydrogens (tertiary/aromatic N) is 3. The highest BCUT2D eigenvalue weighted by atomic mass is 32.2. The number of carbonyl (C=O) groups is 1. The average Bonchev–Trinajstić information content (AvgIpc) is 2.89. The summed E-state index contributed by atoms with van der Waals surface area (Å²) in [6, 6.07) is 6.59. The number of aromatic nitrogens is 2. The number of rotatable bonds is 5. The van der Waals surface area contributed by atoms with E-state index in [1.54, 1.807) is 30.4 Å². The lowest BCUT2D eigenvalue weighted by atomic mass is 9.95. The molecule has 0 unspecified atom stereocenters. The van der Waals surface area contributed by atoms with E-state index < -0.39 is 10.0 Å². The molecular formula is C16H18N4O3S. The second-order valence-electron chi connectivity index (χ2n) is 5.73. The summed E-state index contributed by atoms with van der Waals surface area (Å²) in [6.45, 7) is 0.181. The molecule has 1 fully saturated rings. The van der Waals surface area contributed by atoms with Gasteiger partial charge in [0.2, 0.25) is 15.9 Å². The fourth-order valence-corrected chi connectivity index (χ4v) is 4.06. The van der Waals surface area contributed by atoms with Crippen molar-refractivity contribution < 1.29 is 13.2 Å². The van der Waals surface area contributed by atoms with Crippen molar-refractivity contribution in [2.75, 3.05) is 13.6 Å². The Kier molecular flexibility index (Phi) is 4.59. The summed E-state index contributed by atoms with van der Waals surface area (Å²) in [4.78, 5) is 21.7. The molecule has 24 heavy (non-hydrogen) atoms. The van der Waals surface area contributed by atoms with Gasteiger partial charge in [0.25, 0.3) is 0 Å². The van der Waals surface area contributed by atoms with Gasteiger partial charge in [-0.2, -0.15) is 0 Å². The summed E-state index contributed by atoms with van der Waals surface area (Å²) < 4.78 is 27.3. The van der Waals surface area contributed by atoms with Crippen LogP contribution in [0.25, 0.3) is 0 Å². The molecule has 1 N–H and O–H groups in total. The maximum atomic E-state index is 12.3. The predicted octanol–water partition coefficient (Wildman–Crippen LogP) is 0.974. The van der Waals surface area contributed by atoms with Gasteiger partial charge < -0.3 is 4.90 Å². The lowest BCUT2D eigenvalue weighted by Gasteiger charge is -2.25. The van der Waals surface area contributed by atoms with Crippen LogP contribution in [-0.4, -0.2) is 42.8 Å². The first kappa shape index (κ1) is 16.5. The van der Waals surface area contributed by atoms with Crippen molar-refractivity contribution in [1.29, 1.82) is 0 Å². The fourth-order valence-electron chi connectivity index (χ4n) is 3.00. The standard InChI is InChI=1S/C16H18N4O3S/c1-20-15(21)9-13(16(20)12-4-7-17-8-5-12)10-19-24(22,23)14-3-2-6-18-11-14/h2-8,11,13,16,19H,9-10H2,1H3/t13-,16-/m0/s1. The van der Waals surface area contributed by atoms with Gasteiger partial charge in [0.05, 0.1) is 6.04 Å². The van der Waals surface area contributed by atoms with Gasteiger partial charge in [-0.05, 0) is 29.8 Å². The molecule has 2 atom stereocenters. The van der Waals surface area contributed by atoms with E-state index >= 15 is 0 Å². The normalized spacial score (nSPS) is 21.2. The largest absolute Gasteiger partial charge is 0.338 e. The molecule has 1 amide bonds. The van der Waals surface area contributed by atoms with E-state index in [4.69, 9.17) is 0 Å².